The number of thioether (sulfide) groups is 1. The van der Waals surface area contributed by atoms with Gasteiger partial charge in [-0.05, 0) is 31.7 Å². The highest BCUT2D eigenvalue weighted by atomic mass is 35.5. The summed E-state index contributed by atoms with van der Waals surface area (Å²) in [6, 6.07) is 10.6. The van der Waals surface area contributed by atoms with Crippen LogP contribution in [0.2, 0.25) is 0 Å². The lowest BCUT2D eigenvalue weighted by molar-refractivity contribution is -0.133. The average Bonchev–Trinajstić information content (AvgIpc) is 2.52. The molecule has 1 amide bonds. The lowest BCUT2D eigenvalue weighted by Crippen LogP contribution is -2.49. The highest BCUT2D eigenvalue weighted by molar-refractivity contribution is 7.99. The van der Waals surface area contributed by atoms with E-state index >= 15 is 0 Å². The van der Waals surface area contributed by atoms with E-state index in [9.17, 15) is 4.79 Å². The van der Waals surface area contributed by atoms with Gasteiger partial charge in [0.15, 0.2) is 0 Å². The molecule has 1 aromatic rings. The van der Waals surface area contributed by atoms with Crippen LogP contribution in [0.25, 0.3) is 0 Å². The predicted octanol–water partition coefficient (Wildman–Crippen LogP) is 3.07. The molecule has 0 aromatic heterocycles. The molecule has 2 atom stereocenters. The fourth-order valence-corrected chi connectivity index (χ4v) is 3.55. The van der Waals surface area contributed by atoms with E-state index in [4.69, 9.17) is 5.73 Å². The van der Waals surface area contributed by atoms with Crippen molar-refractivity contribution in [1.29, 1.82) is 0 Å². The Morgan fingerprint density at radius 3 is 2.76 bits per heavy atom. The van der Waals surface area contributed by atoms with Crippen LogP contribution in [-0.4, -0.2) is 35.2 Å². The highest BCUT2D eigenvalue weighted by Crippen LogP contribution is 2.23. The van der Waals surface area contributed by atoms with Crippen molar-refractivity contribution >= 4 is 30.1 Å². The van der Waals surface area contributed by atoms with Crippen molar-refractivity contribution in [3.63, 3.8) is 0 Å². The van der Waals surface area contributed by atoms with Gasteiger partial charge in [-0.15, -0.1) is 24.2 Å². The van der Waals surface area contributed by atoms with Crippen molar-refractivity contribution in [1.82, 2.24) is 4.90 Å². The summed E-state index contributed by atoms with van der Waals surface area (Å²) in [6.07, 6.45) is 3.35. The van der Waals surface area contributed by atoms with Crippen molar-refractivity contribution < 1.29 is 4.79 Å². The SMILES string of the molecule is CC(SCc1ccccc1)C(=O)N1CCCCC1CN.Cl. The van der Waals surface area contributed by atoms with Crippen molar-refractivity contribution in [3.05, 3.63) is 35.9 Å². The van der Waals surface area contributed by atoms with Crippen LogP contribution in [0.3, 0.4) is 0 Å². The lowest BCUT2D eigenvalue weighted by atomic mass is 10.0. The monoisotopic (exact) mass is 328 g/mol. The van der Waals surface area contributed by atoms with Gasteiger partial charge in [0.1, 0.15) is 0 Å². The van der Waals surface area contributed by atoms with E-state index in [0.29, 0.717) is 6.54 Å². The third kappa shape index (κ3) is 5.20. The maximum Gasteiger partial charge on any atom is 0.235 e. The zero-order chi connectivity index (χ0) is 14.4. The number of amides is 1. The molecule has 3 nitrogen and oxygen atoms in total. The molecule has 0 aliphatic carbocycles. The van der Waals surface area contributed by atoms with Crippen molar-refractivity contribution in [3.8, 4) is 0 Å². The number of carbonyl (C=O) groups excluding carboxylic acids is 1. The number of nitrogens with zero attached hydrogens (tertiary/aromatic N) is 1. The Kier molecular flexibility index (Phi) is 8.15. The van der Waals surface area contributed by atoms with E-state index in [2.05, 4.69) is 12.1 Å². The van der Waals surface area contributed by atoms with E-state index in [1.165, 1.54) is 12.0 Å². The van der Waals surface area contributed by atoms with Gasteiger partial charge in [0.25, 0.3) is 0 Å². The Morgan fingerprint density at radius 2 is 2.10 bits per heavy atom. The molecule has 0 bridgehead atoms. The second kappa shape index (κ2) is 9.34. The number of carbonyl (C=O) groups is 1. The summed E-state index contributed by atoms with van der Waals surface area (Å²) in [5.41, 5.74) is 7.07. The molecule has 1 saturated heterocycles. The molecule has 1 aromatic carbocycles. The van der Waals surface area contributed by atoms with E-state index < -0.39 is 0 Å². The highest BCUT2D eigenvalue weighted by Gasteiger charge is 2.28. The van der Waals surface area contributed by atoms with E-state index in [1.807, 2.05) is 30.0 Å². The Morgan fingerprint density at radius 1 is 1.38 bits per heavy atom. The molecule has 1 heterocycles. The van der Waals surface area contributed by atoms with Gasteiger partial charge in [-0.2, -0.15) is 0 Å². The van der Waals surface area contributed by atoms with Crippen molar-refractivity contribution in [2.45, 2.75) is 43.2 Å². The number of piperidine rings is 1. The molecule has 2 unspecified atom stereocenters. The first-order valence-corrected chi connectivity index (χ1v) is 8.43. The number of hydrogen-bond donors (Lipinski definition) is 1. The number of hydrogen-bond acceptors (Lipinski definition) is 3. The number of halogens is 1. The van der Waals surface area contributed by atoms with Gasteiger partial charge in [-0.25, -0.2) is 0 Å². The van der Waals surface area contributed by atoms with Crippen molar-refractivity contribution in [2.75, 3.05) is 13.1 Å². The second-order valence-electron chi connectivity index (χ2n) is 5.36. The second-order valence-corrected chi connectivity index (χ2v) is 6.68. The van der Waals surface area contributed by atoms with Gasteiger partial charge in [-0.1, -0.05) is 30.3 Å². The minimum absolute atomic E-state index is 0. The van der Waals surface area contributed by atoms with Gasteiger partial charge < -0.3 is 10.6 Å². The number of nitrogens with two attached hydrogens (primary N) is 1. The molecule has 5 heteroatoms. The third-order valence-electron chi connectivity index (χ3n) is 3.87. The fourth-order valence-electron chi connectivity index (χ4n) is 2.64. The maximum atomic E-state index is 12.5. The normalized spacial score (nSPS) is 19.7. The molecule has 0 radical (unpaired) electrons. The molecule has 2 N–H and O–H groups in total. The Labute approximate surface area is 138 Å². The number of likely N-dealkylation sites (tertiary alicyclic amines) is 1. The van der Waals surface area contributed by atoms with Gasteiger partial charge in [0.05, 0.1) is 5.25 Å². The molecular formula is C16H25ClN2OS. The first-order chi connectivity index (χ1) is 9.72. The molecule has 21 heavy (non-hydrogen) atoms. The summed E-state index contributed by atoms with van der Waals surface area (Å²) < 4.78 is 0. The molecule has 1 aliphatic rings. The summed E-state index contributed by atoms with van der Waals surface area (Å²) in [7, 11) is 0. The molecular weight excluding hydrogens is 304 g/mol. The van der Waals surface area contributed by atoms with Crippen LogP contribution in [0, 0.1) is 0 Å². The van der Waals surface area contributed by atoms with Crippen molar-refractivity contribution in [2.24, 2.45) is 5.73 Å². The van der Waals surface area contributed by atoms with Gasteiger partial charge in [-0.3, -0.25) is 4.79 Å². The van der Waals surface area contributed by atoms with E-state index in [-0.39, 0.29) is 29.6 Å². The average molecular weight is 329 g/mol. The molecule has 1 aliphatic heterocycles. The van der Waals surface area contributed by atoms with Crippen LogP contribution < -0.4 is 5.73 Å². The minimum atomic E-state index is 0. The molecule has 1 fully saturated rings. The molecule has 2 rings (SSSR count). The zero-order valence-electron chi connectivity index (χ0n) is 12.5. The van der Waals surface area contributed by atoms with Gasteiger partial charge in [0.2, 0.25) is 5.91 Å². The van der Waals surface area contributed by atoms with Crippen LogP contribution in [0.15, 0.2) is 30.3 Å². The van der Waals surface area contributed by atoms with E-state index in [1.54, 1.807) is 11.8 Å². The summed E-state index contributed by atoms with van der Waals surface area (Å²) in [5.74, 6) is 1.13. The molecule has 0 spiro atoms. The zero-order valence-corrected chi connectivity index (χ0v) is 14.2. The Balaban J connectivity index is 0.00000220. The predicted molar refractivity (Wildman–Crippen MR) is 92.9 cm³/mol. The van der Waals surface area contributed by atoms with Gasteiger partial charge in [0, 0.05) is 24.9 Å². The maximum absolute atomic E-state index is 12.5. The standard InChI is InChI=1S/C16H24N2OS.ClH/c1-13(20-12-14-7-3-2-4-8-14)16(19)18-10-6-5-9-15(18)11-17;/h2-4,7-8,13,15H,5-6,9-12,17H2,1H3;1H. The largest absolute Gasteiger partial charge is 0.337 e. The van der Waals surface area contributed by atoms with Crippen LogP contribution in [-0.2, 0) is 10.5 Å². The first-order valence-electron chi connectivity index (χ1n) is 7.38. The Bertz CT molecular complexity index is 430. The quantitative estimate of drug-likeness (QED) is 0.903. The van der Waals surface area contributed by atoms with Crippen LogP contribution in [0.5, 0.6) is 0 Å². The lowest BCUT2D eigenvalue weighted by Gasteiger charge is -2.36. The van der Waals surface area contributed by atoms with Crippen LogP contribution >= 0.6 is 24.2 Å². The first kappa shape index (κ1) is 18.3. The van der Waals surface area contributed by atoms with Gasteiger partial charge >= 0.3 is 0 Å². The summed E-state index contributed by atoms with van der Waals surface area (Å²) in [4.78, 5) is 14.5. The summed E-state index contributed by atoms with van der Waals surface area (Å²) in [6.45, 7) is 3.47. The number of benzene rings is 1. The fraction of sp³-hybridized carbons (Fsp3) is 0.562. The minimum Gasteiger partial charge on any atom is -0.337 e. The molecule has 0 saturated carbocycles. The van der Waals surface area contributed by atoms with E-state index in [0.717, 1.165) is 25.1 Å². The summed E-state index contributed by atoms with van der Waals surface area (Å²) >= 11 is 1.71. The topological polar surface area (TPSA) is 46.3 Å². The Hall–Kier alpha value is -0.710. The molecule has 118 valence electrons. The smallest absolute Gasteiger partial charge is 0.235 e. The van der Waals surface area contributed by atoms with Crippen LogP contribution in [0.4, 0.5) is 0 Å². The van der Waals surface area contributed by atoms with Crippen LogP contribution in [0.1, 0.15) is 31.7 Å². The number of rotatable bonds is 5. The summed E-state index contributed by atoms with van der Waals surface area (Å²) in [5, 5.41) is 0.00218. The third-order valence-corrected chi connectivity index (χ3v) is 5.07.